The van der Waals surface area contributed by atoms with E-state index in [-0.39, 0.29) is 24.0 Å². The van der Waals surface area contributed by atoms with Crippen molar-refractivity contribution in [3.8, 4) is 5.75 Å². The Morgan fingerprint density at radius 3 is 2.58 bits per heavy atom. The smallest absolute Gasteiger partial charge is 0.295 e. The number of fused-ring (bicyclic) bond motifs is 1. The second-order valence-electron chi connectivity index (χ2n) is 8.29. The first kappa shape index (κ1) is 20.9. The van der Waals surface area contributed by atoms with Crippen LogP contribution >= 0.6 is 0 Å². The number of benzene rings is 2. The zero-order valence-electron chi connectivity index (χ0n) is 17.9. The van der Waals surface area contributed by atoms with E-state index in [1.807, 2.05) is 6.92 Å². The summed E-state index contributed by atoms with van der Waals surface area (Å²) in [5, 5.41) is 11.2. The van der Waals surface area contributed by atoms with Crippen molar-refractivity contribution in [3.63, 3.8) is 0 Å². The fourth-order valence-electron chi connectivity index (χ4n) is 4.44. The van der Waals surface area contributed by atoms with Gasteiger partial charge in [-0.05, 0) is 66.1 Å². The van der Waals surface area contributed by atoms with E-state index in [1.54, 1.807) is 42.7 Å². The molecule has 0 radical (unpaired) electrons. The lowest BCUT2D eigenvalue weighted by Gasteiger charge is -2.25. The summed E-state index contributed by atoms with van der Waals surface area (Å²) in [4.78, 5) is 31.6. The molecule has 0 bridgehead atoms. The lowest BCUT2D eigenvalue weighted by molar-refractivity contribution is -0.140. The summed E-state index contributed by atoms with van der Waals surface area (Å²) >= 11 is 0. The fraction of sp³-hybridized carbons (Fsp3) is 0.192. The monoisotopic (exact) mass is 444 g/mol. The molecule has 2 atom stereocenters. The number of aromatic nitrogens is 1. The molecule has 3 aromatic rings. The van der Waals surface area contributed by atoms with Gasteiger partial charge in [0.15, 0.2) is 0 Å². The summed E-state index contributed by atoms with van der Waals surface area (Å²) in [5.41, 5.74) is 2.65. The maximum atomic E-state index is 13.6. The third kappa shape index (κ3) is 3.75. The van der Waals surface area contributed by atoms with Crippen LogP contribution in [0, 0.1) is 5.82 Å². The summed E-state index contributed by atoms with van der Waals surface area (Å²) in [5.74, 6) is -1.45. The largest absolute Gasteiger partial charge is 0.507 e. The molecule has 1 fully saturated rings. The summed E-state index contributed by atoms with van der Waals surface area (Å²) in [6.07, 6.45) is 3.93. The number of Topliss-reactive ketones (excluding diaryl/α,β-unsaturated/α-hetero) is 1. The molecule has 5 rings (SSSR count). The van der Waals surface area contributed by atoms with Gasteiger partial charge in [0.05, 0.1) is 11.6 Å². The molecular weight excluding hydrogens is 423 g/mol. The van der Waals surface area contributed by atoms with E-state index in [1.165, 1.54) is 29.2 Å². The molecule has 0 spiro atoms. The highest BCUT2D eigenvalue weighted by molar-refractivity contribution is 6.46. The molecule has 0 aliphatic carbocycles. The number of rotatable bonds is 4. The van der Waals surface area contributed by atoms with Gasteiger partial charge in [0, 0.05) is 30.9 Å². The topological polar surface area (TPSA) is 79.7 Å². The van der Waals surface area contributed by atoms with Gasteiger partial charge in [-0.15, -0.1) is 0 Å². The fourth-order valence-corrected chi connectivity index (χ4v) is 4.44. The van der Waals surface area contributed by atoms with Gasteiger partial charge >= 0.3 is 0 Å². The van der Waals surface area contributed by atoms with E-state index >= 15 is 0 Å². The molecule has 6 nitrogen and oxygen atoms in total. The lowest BCUT2D eigenvalue weighted by atomic mass is 9.94. The molecule has 33 heavy (non-hydrogen) atoms. The van der Waals surface area contributed by atoms with Gasteiger partial charge in [-0.25, -0.2) is 4.39 Å². The van der Waals surface area contributed by atoms with Crippen molar-refractivity contribution in [2.75, 3.05) is 0 Å². The average molecular weight is 444 g/mol. The summed E-state index contributed by atoms with van der Waals surface area (Å²) < 4.78 is 19.3. The molecule has 2 aromatic carbocycles. The highest BCUT2D eigenvalue weighted by atomic mass is 19.1. The van der Waals surface area contributed by atoms with Crippen LogP contribution < -0.4 is 4.74 Å². The number of hydrogen-bond donors (Lipinski definition) is 1. The van der Waals surface area contributed by atoms with Crippen molar-refractivity contribution < 1.29 is 23.8 Å². The van der Waals surface area contributed by atoms with Gasteiger partial charge in [0.1, 0.15) is 23.4 Å². The number of ether oxygens (including phenoxy) is 1. The van der Waals surface area contributed by atoms with Crippen LogP contribution in [0.5, 0.6) is 5.75 Å². The van der Waals surface area contributed by atoms with Crippen LogP contribution in [0.1, 0.15) is 35.2 Å². The van der Waals surface area contributed by atoms with Crippen molar-refractivity contribution >= 4 is 17.4 Å². The van der Waals surface area contributed by atoms with Gasteiger partial charge in [-0.1, -0.05) is 12.1 Å². The van der Waals surface area contributed by atoms with Gasteiger partial charge < -0.3 is 14.7 Å². The molecule has 2 unspecified atom stereocenters. The third-order valence-corrected chi connectivity index (χ3v) is 6.00. The summed E-state index contributed by atoms with van der Waals surface area (Å²) in [6, 6.07) is 13.5. The van der Waals surface area contributed by atoms with Crippen LogP contribution in [-0.4, -0.2) is 32.8 Å². The highest BCUT2D eigenvalue weighted by Gasteiger charge is 2.46. The van der Waals surface area contributed by atoms with E-state index in [4.69, 9.17) is 4.74 Å². The first-order valence-corrected chi connectivity index (χ1v) is 10.6. The van der Waals surface area contributed by atoms with E-state index in [0.29, 0.717) is 17.5 Å². The van der Waals surface area contributed by atoms with E-state index in [9.17, 15) is 19.1 Å². The van der Waals surface area contributed by atoms with E-state index in [0.717, 1.165) is 16.9 Å². The maximum Gasteiger partial charge on any atom is 0.295 e. The quantitative estimate of drug-likeness (QED) is 0.371. The minimum Gasteiger partial charge on any atom is -0.507 e. The molecule has 1 saturated heterocycles. The number of halogens is 1. The number of pyridine rings is 1. The number of carbonyl (C=O) groups excluding carboxylic acids is 2. The minimum absolute atomic E-state index is 0.0208. The molecule has 2 aliphatic heterocycles. The maximum absolute atomic E-state index is 13.6. The van der Waals surface area contributed by atoms with Crippen molar-refractivity contribution in [1.29, 1.82) is 0 Å². The van der Waals surface area contributed by atoms with Crippen LogP contribution in [0.25, 0.3) is 5.76 Å². The third-order valence-electron chi connectivity index (χ3n) is 6.00. The Labute approximate surface area is 190 Å². The predicted molar refractivity (Wildman–Crippen MR) is 119 cm³/mol. The van der Waals surface area contributed by atoms with Crippen LogP contribution in [0.4, 0.5) is 4.39 Å². The van der Waals surface area contributed by atoms with E-state index < -0.39 is 23.5 Å². The van der Waals surface area contributed by atoms with Gasteiger partial charge in [-0.3, -0.25) is 14.6 Å². The predicted octanol–water partition coefficient (Wildman–Crippen LogP) is 4.17. The van der Waals surface area contributed by atoms with Crippen LogP contribution in [-0.2, 0) is 22.6 Å². The molecule has 1 N–H and O–H groups in total. The highest BCUT2D eigenvalue weighted by Crippen LogP contribution is 2.41. The molecule has 2 aliphatic rings. The Bertz CT molecular complexity index is 1270. The first-order valence-electron chi connectivity index (χ1n) is 10.6. The average Bonchev–Trinajstić information content (AvgIpc) is 3.31. The number of nitrogens with zero attached hydrogens (tertiary/aromatic N) is 2. The number of likely N-dealkylation sites (tertiary alicyclic amines) is 1. The lowest BCUT2D eigenvalue weighted by Crippen LogP contribution is -2.29. The Morgan fingerprint density at radius 1 is 1.12 bits per heavy atom. The van der Waals surface area contributed by atoms with Crippen molar-refractivity contribution in [1.82, 2.24) is 9.88 Å². The molecular formula is C26H21FN2O4. The number of carbonyl (C=O) groups is 2. The normalized spacial score (nSPS) is 21.2. The molecule has 3 heterocycles. The van der Waals surface area contributed by atoms with Crippen LogP contribution in [0.2, 0.25) is 0 Å². The number of aliphatic hydroxyl groups excluding tert-OH is 1. The number of amides is 1. The second kappa shape index (κ2) is 8.16. The van der Waals surface area contributed by atoms with Crippen molar-refractivity contribution in [2.24, 2.45) is 0 Å². The second-order valence-corrected chi connectivity index (χ2v) is 8.29. The minimum atomic E-state index is -0.859. The molecule has 1 aromatic heterocycles. The van der Waals surface area contributed by atoms with E-state index in [2.05, 4.69) is 4.98 Å². The van der Waals surface area contributed by atoms with Gasteiger partial charge in [0.25, 0.3) is 11.7 Å². The Hall–Kier alpha value is -4.00. The summed E-state index contributed by atoms with van der Waals surface area (Å²) in [6.45, 7) is 2.10. The summed E-state index contributed by atoms with van der Waals surface area (Å²) in [7, 11) is 0. The Balaban J connectivity index is 1.62. The molecule has 0 saturated carbocycles. The number of aliphatic hydroxyl groups is 1. The molecule has 166 valence electrons. The Morgan fingerprint density at radius 2 is 1.85 bits per heavy atom. The SMILES string of the molecule is CC1Cc2cc(C(O)=C3C(=O)C(=O)N(Cc4ccncc4)C3c3ccc(F)cc3)ccc2O1. The van der Waals surface area contributed by atoms with Gasteiger partial charge in [-0.2, -0.15) is 0 Å². The van der Waals surface area contributed by atoms with Crippen molar-refractivity contribution in [2.45, 2.75) is 32.0 Å². The Kier molecular flexibility index (Phi) is 5.17. The molecule has 7 heteroatoms. The van der Waals surface area contributed by atoms with Crippen molar-refractivity contribution in [3.05, 3.63) is 101 Å². The van der Waals surface area contributed by atoms with Crippen LogP contribution in [0.3, 0.4) is 0 Å². The zero-order chi connectivity index (χ0) is 23.1. The van der Waals surface area contributed by atoms with Crippen LogP contribution in [0.15, 0.2) is 72.6 Å². The standard InChI is InChI=1S/C26H21FN2O4/c1-15-12-19-13-18(4-7-21(19)33-15)24(30)22-23(17-2-5-20(27)6-3-17)29(26(32)25(22)31)14-16-8-10-28-11-9-16/h2-11,13,15,23,30H,12,14H2,1H3. The molecule has 1 amide bonds. The van der Waals surface area contributed by atoms with Gasteiger partial charge in [0.2, 0.25) is 0 Å². The number of hydrogen-bond acceptors (Lipinski definition) is 5. The first-order chi connectivity index (χ1) is 15.9. The number of ketones is 1. The zero-order valence-corrected chi connectivity index (χ0v) is 17.9.